The zero-order chi connectivity index (χ0) is 24.7. The number of rotatable bonds is 7. The highest BCUT2D eigenvalue weighted by Gasteiger charge is 2.38. The van der Waals surface area contributed by atoms with Crippen molar-refractivity contribution in [1.82, 2.24) is 10.3 Å². The first-order valence-corrected chi connectivity index (χ1v) is 9.89. The maximum absolute atomic E-state index is 12.5. The number of nitro benzene ring substituents is 1. The monoisotopic (exact) mass is 462 g/mol. The Bertz CT molecular complexity index is 1220. The number of nitro groups is 1. The molecular weight excluding hydrogens is 444 g/mol. The third kappa shape index (κ3) is 6.09. The predicted octanol–water partition coefficient (Wildman–Crippen LogP) is 2.54. The molecule has 0 unspecified atom stereocenters. The molecule has 0 saturated heterocycles. The van der Waals surface area contributed by atoms with Crippen LogP contribution in [0.4, 0.5) is 11.4 Å². The summed E-state index contributed by atoms with van der Waals surface area (Å²) < 4.78 is 0. The molecule has 12 heteroatoms. The van der Waals surface area contributed by atoms with Gasteiger partial charge in [0.05, 0.1) is 16.3 Å². The van der Waals surface area contributed by atoms with Crippen LogP contribution in [0.25, 0.3) is 6.08 Å². The average Bonchev–Trinajstić information content (AvgIpc) is 3.10. The molecular formula is C22H18N6O6. The van der Waals surface area contributed by atoms with Gasteiger partial charge in [-0.05, 0) is 30.7 Å². The SMILES string of the molecule is CC1=NN(C(=O)CC(=O)NC(=O)/C=C/c2ccccc2)C(=O)[C@@H]1N=Nc1ccc([N+](=O)[O-])cc1. The number of hydrazone groups is 1. The number of imide groups is 2. The summed E-state index contributed by atoms with van der Waals surface area (Å²) in [6, 6.07) is 12.9. The van der Waals surface area contributed by atoms with Crippen LogP contribution in [0.1, 0.15) is 18.9 Å². The minimum Gasteiger partial charge on any atom is -0.292 e. The van der Waals surface area contributed by atoms with Crippen molar-refractivity contribution in [2.24, 2.45) is 15.3 Å². The van der Waals surface area contributed by atoms with Gasteiger partial charge in [-0.25, -0.2) is 0 Å². The van der Waals surface area contributed by atoms with Gasteiger partial charge in [0.25, 0.3) is 23.4 Å². The van der Waals surface area contributed by atoms with Crippen LogP contribution in [-0.4, -0.2) is 45.3 Å². The zero-order valence-electron chi connectivity index (χ0n) is 17.8. The fraction of sp³-hybridized carbons (Fsp3) is 0.136. The summed E-state index contributed by atoms with van der Waals surface area (Å²) in [6.45, 7) is 1.46. The van der Waals surface area contributed by atoms with Gasteiger partial charge in [-0.15, -0.1) is 0 Å². The van der Waals surface area contributed by atoms with E-state index in [0.29, 0.717) is 5.01 Å². The normalized spacial score (nSPS) is 15.6. The van der Waals surface area contributed by atoms with Gasteiger partial charge in [-0.2, -0.15) is 20.3 Å². The number of amides is 4. The Kier molecular flexibility index (Phi) is 7.44. The van der Waals surface area contributed by atoms with E-state index in [2.05, 4.69) is 15.3 Å². The molecule has 172 valence electrons. The number of azo groups is 1. The van der Waals surface area contributed by atoms with Crippen LogP contribution in [0.5, 0.6) is 0 Å². The first-order valence-electron chi connectivity index (χ1n) is 9.89. The number of nitrogens with zero attached hydrogens (tertiary/aromatic N) is 5. The number of carbonyl (C=O) groups is 4. The summed E-state index contributed by atoms with van der Waals surface area (Å²) in [5, 5.41) is 24.8. The lowest BCUT2D eigenvalue weighted by Crippen LogP contribution is -2.38. The molecule has 1 aliphatic rings. The van der Waals surface area contributed by atoms with Gasteiger partial charge < -0.3 is 0 Å². The Morgan fingerprint density at radius 3 is 2.47 bits per heavy atom. The molecule has 2 aromatic carbocycles. The number of non-ortho nitro benzene ring substituents is 1. The molecule has 12 nitrogen and oxygen atoms in total. The van der Waals surface area contributed by atoms with Crippen molar-refractivity contribution in [3.8, 4) is 0 Å². The molecule has 0 aromatic heterocycles. The van der Waals surface area contributed by atoms with E-state index in [0.717, 1.165) is 11.6 Å². The number of benzene rings is 2. The van der Waals surface area contributed by atoms with Gasteiger partial charge >= 0.3 is 0 Å². The molecule has 4 amide bonds. The largest absolute Gasteiger partial charge is 0.292 e. The van der Waals surface area contributed by atoms with Crippen LogP contribution in [0, 0.1) is 10.1 Å². The van der Waals surface area contributed by atoms with E-state index in [4.69, 9.17) is 0 Å². The number of hydrogen-bond donors (Lipinski definition) is 1. The number of nitrogens with one attached hydrogen (secondary N) is 1. The maximum atomic E-state index is 12.5. The molecule has 2 aromatic rings. The second kappa shape index (κ2) is 10.6. The van der Waals surface area contributed by atoms with Crippen LogP contribution in [-0.2, 0) is 19.2 Å². The highest BCUT2D eigenvalue weighted by molar-refractivity contribution is 6.18. The van der Waals surface area contributed by atoms with Crippen molar-refractivity contribution in [3.63, 3.8) is 0 Å². The lowest BCUT2D eigenvalue weighted by Gasteiger charge is -2.10. The van der Waals surface area contributed by atoms with Crippen LogP contribution in [0.3, 0.4) is 0 Å². The molecule has 34 heavy (non-hydrogen) atoms. The molecule has 1 atom stereocenters. The van der Waals surface area contributed by atoms with Crippen molar-refractivity contribution in [2.75, 3.05) is 0 Å². The van der Waals surface area contributed by atoms with E-state index in [1.165, 1.54) is 37.3 Å². The number of carbonyl (C=O) groups excluding carboxylic acids is 4. The average molecular weight is 462 g/mol. The standard InChI is InChI=1S/C22H18N6O6/c1-14-21(25-24-16-8-10-17(11-9-16)28(33)34)22(32)27(26-14)20(31)13-19(30)23-18(29)12-7-15-5-3-2-4-6-15/h2-12,21H,13H2,1H3,(H,23,29,30)/b12-7+,25-24?/t21-/m1/s1. The van der Waals surface area contributed by atoms with Gasteiger partial charge in [0, 0.05) is 18.2 Å². The van der Waals surface area contributed by atoms with Gasteiger partial charge in [0.2, 0.25) is 5.91 Å². The van der Waals surface area contributed by atoms with E-state index in [9.17, 15) is 29.3 Å². The van der Waals surface area contributed by atoms with E-state index >= 15 is 0 Å². The molecule has 1 aliphatic heterocycles. The molecule has 0 saturated carbocycles. The summed E-state index contributed by atoms with van der Waals surface area (Å²) in [5.74, 6) is -3.36. The Morgan fingerprint density at radius 1 is 1.15 bits per heavy atom. The molecule has 0 bridgehead atoms. The van der Waals surface area contributed by atoms with Crippen molar-refractivity contribution >= 4 is 46.8 Å². The first-order chi connectivity index (χ1) is 16.2. The summed E-state index contributed by atoms with van der Waals surface area (Å²) in [7, 11) is 0. The molecule has 0 spiro atoms. The molecule has 0 radical (unpaired) electrons. The molecule has 3 rings (SSSR count). The summed E-state index contributed by atoms with van der Waals surface area (Å²) in [4.78, 5) is 58.9. The Labute approximate surface area is 192 Å². The molecule has 1 heterocycles. The minimum absolute atomic E-state index is 0.127. The summed E-state index contributed by atoms with van der Waals surface area (Å²) >= 11 is 0. The second-order valence-electron chi connectivity index (χ2n) is 7.01. The van der Waals surface area contributed by atoms with Crippen LogP contribution < -0.4 is 5.32 Å². The molecule has 0 aliphatic carbocycles. The second-order valence-corrected chi connectivity index (χ2v) is 7.01. The van der Waals surface area contributed by atoms with Crippen LogP contribution in [0.2, 0.25) is 0 Å². The van der Waals surface area contributed by atoms with E-state index in [1.54, 1.807) is 24.3 Å². The summed E-state index contributed by atoms with van der Waals surface area (Å²) in [6.07, 6.45) is 1.87. The fourth-order valence-electron chi connectivity index (χ4n) is 2.80. The quantitative estimate of drug-likeness (QED) is 0.218. The smallest absolute Gasteiger partial charge is 0.282 e. The minimum atomic E-state index is -1.18. The first kappa shape index (κ1) is 23.8. The van der Waals surface area contributed by atoms with Gasteiger partial charge in [-0.1, -0.05) is 30.3 Å². The van der Waals surface area contributed by atoms with Crippen molar-refractivity contribution in [1.29, 1.82) is 0 Å². The highest BCUT2D eigenvalue weighted by atomic mass is 16.6. The predicted molar refractivity (Wildman–Crippen MR) is 120 cm³/mol. The zero-order valence-corrected chi connectivity index (χ0v) is 17.8. The van der Waals surface area contributed by atoms with Crippen LogP contribution in [0.15, 0.2) is 76.0 Å². The van der Waals surface area contributed by atoms with E-state index in [1.807, 2.05) is 11.4 Å². The van der Waals surface area contributed by atoms with Crippen molar-refractivity contribution in [3.05, 3.63) is 76.4 Å². The number of hydrogen-bond acceptors (Lipinski definition) is 9. The van der Waals surface area contributed by atoms with E-state index in [-0.39, 0.29) is 17.1 Å². The molecule has 0 fully saturated rings. The highest BCUT2D eigenvalue weighted by Crippen LogP contribution is 2.20. The lowest BCUT2D eigenvalue weighted by atomic mass is 10.2. The van der Waals surface area contributed by atoms with Crippen molar-refractivity contribution in [2.45, 2.75) is 19.4 Å². The van der Waals surface area contributed by atoms with Gasteiger partial charge in [0.15, 0.2) is 6.04 Å². The summed E-state index contributed by atoms with van der Waals surface area (Å²) in [5.41, 5.74) is 1.06. The van der Waals surface area contributed by atoms with Gasteiger partial charge in [0.1, 0.15) is 6.42 Å². The Hall–Kier alpha value is -4.87. The third-order valence-corrected chi connectivity index (χ3v) is 4.48. The maximum Gasteiger partial charge on any atom is 0.282 e. The van der Waals surface area contributed by atoms with Gasteiger partial charge in [-0.3, -0.25) is 34.6 Å². The third-order valence-electron chi connectivity index (χ3n) is 4.48. The Morgan fingerprint density at radius 2 is 1.82 bits per heavy atom. The lowest BCUT2D eigenvalue weighted by molar-refractivity contribution is -0.384. The van der Waals surface area contributed by atoms with Crippen molar-refractivity contribution < 1.29 is 24.1 Å². The Balaban J connectivity index is 1.55. The van der Waals surface area contributed by atoms with Crippen LogP contribution >= 0.6 is 0 Å². The van der Waals surface area contributed by atoms with E-state index < -0.39 is 41.0 Å². The topological polar surface area (TPSA) is 164 Å². The fourth-order valence-corrected chi connectivity index (χ4v) is 2.80. The molecule has 1 N–H and O–H groups in total.